The van der Waals surface area contributed by atoms with E-state index in [1.54, 1.807) is 0 Å². The molecule has 2 rings (SSSR count). The molecular weight excluding hydrogens is 216 g/mol. The van der Waals surface area contributed by atoms with Crippen molar-refractivity contribution in [3.63, 3.8) is 0 Å². The van der Waals surface area contributed by atoms with Crippen LogP contribution in [0.25, 0.3) is 11.1 Å². The first-order valence-electron chi connectivity index (χ1n) is 5.25. The van der Waals surface area contributed by atoms with Crippen molar-refractivity contribution in [2.24, 2.45) is 0 Å². The van der Waals surface area contributed by atoms with Crippen LogP contribution in [0.3, 0.4) is 0 Å². The van der Waals surface area contributed by atoms with Crippen LogP contribution in [-0.4, -0.2) is 21.6 Å². The lowest BCUT2D eigenvalue weighted by Crippen LogP contribution is -1.95. The largest absolute Gasteiger partial charge is 0.383 e. The molecule has 0 aromatic carbocycles. The van der Waals surface area contributed by atoms with E-state index in [0.717, 1.165) is 23.4 Å². The summed E-state index contributed by atoms with van der Waals surface area (Å²) in [5.74, 6) is 0.561. The molecule has 0 aliphatic heterocycles. The van der Waals surface area contributed by atoms with Crippen LogP contribution in [0.2, 0.25) is 0 Å². The van der Waals surface area contributed by atoms with Crippen LogP contribution in [-0.2, 0) is 11.3 Å². The van der Waals surface area contributed by atoms with Gasteiger partial charge in [-0.05, 0) is 26.0 Å². The Kier molecular flexibility index (Phi) is 4.39. The number of rotatable bonds is 2. The Balaban J connectivity index is 0.000000686. The Bertz CT molecular complexity index is 493. The third-order valence-electron chi connectivity index (χ3n) is 2.33. The number of hydrogen-bond acceptors (Lipinski definition) is 4. The van der Waals surface area contributed by atoms with Crippen molar-refractivity contribution in [2.45, 2.75) is 20.4 Å². The number of aryl methyl sites for hydroxylation is 2. The SMILES string of the molecule is C=O.CCn1cc(-c2ccc(C)nc2N)cn1. The van der Waals surface area contributed by atoms with Crippen molar-refractivity contribution in [3.05, 3.63) is 30.2 Å². The van der Waals surface area contributed by atoms with Gasteiger partial charge in [-0.1, -0.05) is 0 Å². The number of nitrogens with zero attached hydrogens (tertiary/aromatic N) is 3. The average molecular weight is 232 g/mol. The van der Waals surface area contributed by atoms with E-state index < -0.39 is 0 Å². The van der Waals surface area contributed by atoms with Gasteiger partial charge in [0.25, 0.3) is 0 Å². The van der Waals surface area contributed by atoms with Crippen molar-refractivity contribution in [1.82, 2.24) is 14.8 Å². The van der Waals surface area contributed by atoms with Gasteiger partial charge in [-0.3, -0.25) is 4.68 Å². The maximum Gasteiger partial charge on any atom is 0.131 e. The molecule has 90 valence electrons. The topological polar surface area (TPSA) is 73.8 Å². The maximum atomic E-state index is 8.00. The third kappa shape index (κ3) is 2.90. The van der Waals surface area contributed by atoms with Gasteiger partial charge in [0.2, 0.25) is 0 Å². The molecule has 0 atom stereocenters. The second-order valence-electron chi connectivity index (χ2n) is 3.47. The summed E-state index contributed by atoms with van der Waals surface area (Å²) in [6.45, 7) is 6.84. The van der Waals surface area contributed by atoms with Gasteiger partial charge in [-0.2, -0.15) is 5.10 Å². The zero-order valence-electron chi connectivity index (χ0n) is 10.1. The Hall–Kier alpha value is -2.17. The van der Waals surface area contributed by atoms with Crippen LogP contribution in [0, 0.1) is 6.92 Å². The number of carbonyl (C=O) groups is 1. The molecule has 0 aliphatic rings. The van der Waals surface area contributed by atoms with E-state index in [2.05, 4.69) is 10.1 Å². The minimum atomic E-state index is 0.561. The quantitative estimate of drug-likeness (QED) is 0.854. The molecular formula is C12H16N4O. The molecule has 5 nitrogen and oxygen atoms in total. The molecule has 2 aromatic rings. The standard InChI is InChI=1S/C11H14N4.CH2O/c1-3-15-7-9(6-13-15)10-5-4-8(2)14-11(10)12;1-2/h4-7H,3H2,1-2H3,(H2,12,14);1H2. The highest BCUT2D eigenvalue weighted by Gasteiger charge is 2.05. The van der Waals surface area contributed by atoms with Gasteiger partial charge in [0.05, 0.1) is 6.20 Å². The molecule has 0 bridgehead atoms. The maximum absolute atomic E-state index is 8.00. The fraction of sp³-hybridized carbons (Fsp3) is 0.250. The van der Waals surface area contributed by atoms with Gasteiger partial charge in [0.1, 0.15) is 12.6 Å². The highest BCUT2D eigenvalue weighted by molar-refractivity contribution is 5.72. The molecule has 0 spiro atoms. The summed E-state index contributed by atoms with van der Waals surface area (Å²) in [6.07, 6.45) is 3.79. The number of hydrogen-bond donors (Lipinski definition) is 1. The zero-order chi connectivity index (χ0) is 12.8. The van der Waals surface area contributed by atoms with Crippen LogP contribution < -0.4 is 5.73 Å². The van der Waals surface area contributed by atoms with Crippen molar-refractivity contribution in [1.29, 1.82) is 0 Å². The number of aromatic nitrogens is 3. The highest BCUT2D eigenvalue weighted by atomic mass is 16.1. The lowest BCUT2D eigenvalue weighted by Gasteiger charge is -2.02. The summed E-state index contributed by atoms with van der Waals surface area (Å²) in [4.78, 5) is 12.2. The smallest absolute Gasteiger partial charge is 0.131 e. The van der Waals surface area contributed by atoms with E-state index in [1.807, 2.05) is 49.8 Å². The summed E-state index contributed by atoms with van der Waals surface area (Å²) >= 11 is 0. The molecule has 2 aromatic heterocycles. The fourth-order valence-electron chi connectivity index (χ4n) is 1.50. The predicted octanol–water partition coefficient (Wildman–Crippen LogP) is 1.67. The predicted molar refractivity (Wildman–Crippen MR) is 67.4 cm³/mol. The minimum absolute atomic E-state index is 0.561. The van der Waals surface area contributed by atoms with Gasteiger partial charge in [0, 0.05) is 29.6 Å². The second-order valence-corrected chi connectivity index (χ2v) is 3.47. The molecule has 2 heterocycles. The number of anilines is 1. The van der Waals surface area contributed by atoms with E-state index in [0.29, 0.717) is 5.82 Å². The van der Waals surface area contributed by atoms with E-state index >= 15 is 0 Å². The summed E-state index contributed by atoms with van der Waals surface area (Å²) in [7, 11) is 0. The average Bonchev–Trinajstić information content (AvgIpc) is 2.80. The summed E-state index contributed by atoms with van der Waals surface area (Å²) < 4.78 is 1.87. The van der Waals surface area contributed by atoms with Crippen LogP contribution in [0.5, 0.6) is 0 Å². The van der Waals surface area contributed by atoms with Crippen LogP contribution in [0.15, 0.2) is 24.5 Å². The first kappa shape index (κ1) is 12.9. The molecule has 0 aliphatic carbocycles. The van der Waals surface area contributed by atoms with Gasteiger partial charge < -0.3 is 10.5 Å². The van der Waals surface area contributed by atoms with Crippen LogP contribution in [0.4, 0.5) is 5.82 Å². The molecule has 0 fully saturated rings. The van der Waals surface area contributed by atoms with Gasteiger partial charge >= 0.3 is 0 Å². The lowest BCUT2D eigenvalue weighted by atomic mass is 10.1. The number of carbonyl (C=O) groups excluding carboxylic acids is 1. The monoisotopic (exact) mass is 232 g/mol. The molecule has 0 unspecified atom stereocenters. The van der Waals surface area contributed by atoms with Crippen LogP contribution >= 0.6 is 0 Å². The van der Waals surface area contributed by atoms with Crippen molar-refractivity contribution >= 4 is 12.6 Å². The summed E-state index contributed by atoms with van der Waals surface area (Å²) in [5.41, 5.74) is 8.75. The first-order chi connectivity index (χ1) is 8.20. The molecule has 0 amide bonds. The van der Waals surface area contributed by atoms with E-state index in [1.165, 1.54) is 0 Å². The van der Waals surface area contributed by atoms with Gasteiger partial charge in [-0.25, -0.2) is 4.98 Å². The normalized spacial score (nSPS) is 9.53. The molecule has 5 heteroatoms. The number of nitrogen functional groups attached to an aromatic ring is 1. The Morgan fingerprint density at radius 2 is 2.12 bits per heavy atom. The second kappa shape index (κ2) is 5.79. The molecule has 0 saturated heterocycles. The highest BCUT2D eigenvalue weighted by Crippen LogP contribution is 2.23. The number of nitrogens with two attached hydrogens (primary N) is 1. The third-order valence-corrected chi connectivity index (χ3v) is 2.33. The molecule has 17 heavy (non-hydrogen) atoms. The zero-order valence-corrected chi connectivity index (χ0v) is 10.1. The van der Waals surface area contributed by atoms with E-state index in [4.69, 9.17) is 10.5 Å². The summed E-state index contributed by atoms with van der Waals surface area (Å²) in [6, 6.07) is 3.93. The van der Waals surface area contributed by atoms with Crippen molar-refractivity contribution < 1.29 is 4.79 Å². The first-order valence-corrected chi connectivity index (χ1v) is 5.25. The van der Waals surface area contributed by atoms with Crippen molar-refractivity contribution in [3.8, 4) is 11.1 Å². The number of pyridine rings is 1. The fourth-order valence-corrected chi connectivity index (χ4v) is 1.50. The molecule has 0 saturated carbocycles. The summed E-state index contributed by atoms with van der Waals surface area (Å²) in [5, 5.41) is 4.21. The van der Waals surface area contributed by atoms with Gasteiger partial charge in [0.15, 0.2) is 0 Å². The van der Waals surface area contributed by atoms with E-state index in [9.17, 15) is 0 Å². The lowest BCUT2D eigenvalue weighted by molar-refractivity contribution is -0.0979. The minimum Gasteiger partial charge on any atom is -0.383 e. The van der Waals surface area contributed by atoms with Gasteiger partial charge in [-0.15, -0.1) is 0 Å². The molecule has 2 N–H and O–H groups in total. The van der Waals surface area contributed by atoms with E-state index in [-0.39, 0.29) is 0 Å². The Morgan fingerprint density at radius 1 is 1.41 bits per heavy atom. The Labute approximate surface area is 100 Å². The van der Waals surface area contributed by atoms with Crippen LogP contribution in [0.1, 0.15) is 12.6 Å². The van der Waals surface area contributed by atoms with Crippen molar-refractivity contribution in [2.75, 3.05) is 5.73 Å². The molecule has 0 radical (unpaired) electrons. The Morgan fingerprint density at radius 3 is 2.65 bits per heavy atom.